The van der Waals surface area contributed by atoms with Gasteiger partial charge in [0.15, 0.2) is 0 Å². The summed E-state index contributed by atoms with van der Waals surface area (Å²) in [6.07, 6.45) is 0. The lowest BCUT2D eigenvalue weighted by Gasteiger charge is -2.31. The summed E-state index contributed by atoms with van der Waals surface area (Å²) in [5.41, 5.74) is 8.68. The van der Waals surface area contributed by atoms with Crippen LogP contribution in [0.4, 0.5) is 0 Å². The van der Waals surface area contributed by atoms with Crippen LogP contribution in [0.2, 0.25) is 0 Å². The van der Waals surface area contributed by atoms with Gasteiger partial charge >= 0.3 is 0 Å². The molecule has 0 saturated carbocycles. The van der Waals surface area contributed by atoms with Crippen molar-refractivity contribution >= 4 is 0 Å². The van der Waals surface area contributed by atoms with Crippen LogP contribution in [0.15, 0.2) is 54.6 Å². The number of hydrogen-bond donors (Lipinski definition) is 1. The Kier molecular flexibility index (Phi) is 5.37. The van der Waals surface area contributed by atoms with Crippen molar-refractivity contribution in [3.05, 3.63) is 65.7 Å². The molecule has 2 aromatic rings. The molecule has 112 valence electrons. The van der Waals surface area contributed by atoms with E-state index in [2.05, 4.69) is 55.3 Å². The zero-order valence-electron chi connectivity index (χ0n) is 13.0. The summed E-state index contributed by atoms with van der Waals surface area (Å²) < 4.78 is 5.29. The minimum atomic E-state index is 0.0583. The van der Waals surface area contributed by atoms with E-state index in [9.17, 15) is 0 Å². The van der Waals surface area contributed by atoms with E-state index < -0.39 is 0 Å². The molecule has 0 aliphatic heterocycles. The molecular weight excluding hydrogens is 260 g/mol. The average Bonchev–Trinajstić information content (AvgIpc) is 2.48. The van der Waals surface area contributed by atoms with Crippen molar-refractivity contribution in [1.82, 2.24) is 4.90 Å². The molecule has 2 atom stereocenters. The maximum Gasteiger partial charge on any atom is 0.119 e. The Bertz CT molecular complexity index is 554. The van der Waals surface area contributed by atoms with Crippen LogP contribution in [0, 0.1) is 0 Å². The van der Waals surface area contributed by atoms with E-state index in [0.717, 1.165) is 12.3 Å². The molecule has 0 aliphatic rings. The van der Waals surface area contributed by atoms with Crippen LogP contribution in [-0.2, 0) is 6.54 Å². The van der Waals surface area contributed by atoms with Crippen molar-refractivity contribution in [2.75, 3.05) is 14.2 Å². The quantitative estimate of drug-likeness (QED) is 0.885. The highest BCUT2D eigenvalue weighted by atomic mass is 16.5. The third-order valence-corrected chi connectivity index (χ3v) is 3.68. The number of nitrogens with two attached hydrogens (primary N) is 1. The van der Waals surface area contributed by atoms with Gasteiger partial charge in [0, 0.05) is 18.6 Å². The molecule has 2 N–H and O–H groups in total. The van der Waals surface area contributed by atoms with Crippen LogP contribution < -0.4 is 10.5 Å². The van der Waals surface area contributed by atoms with Crippen LogP contribution in [0.1, 0.15) is 24.1 Å². The number of benzene rings is 2. The van der Waals surface area contributed by atoms with Crippen molar-refractivity contribution in [1.29, 1.82) is 0 Å². The van der Waals surface area contributed by atoms with E-state index in [1.165, 1.54) is 11.1 Å². The van der Waals surface area contributed by atoms with Gasteiger partial charge < -0.3 is 10.5 Å². The van der Waals surface area contributed by atoms with Crippen LogP contribution in [0.3, 0.4) is 0 Å². The fourth-order valence-electron chi connectivity index (χ4n) is 2.77. The fraction of sp³-hybridized carbons (Fsp3) is 0.333. The van der Waals surface area contributed by atoms with Crippen LogP contribution in [0.5, 0.6) is 5.75 Å². The molecule has 0 saturated heterocycles. The first-order valence-electron chi connectivity index (χ1n) is 7.25. The van der Waals surface area contributed by atoms with Gasteiger partial charge in [0.2, 0.25) is 0 Å². The van der Waals surface area contributed by atoms with Gasteiger partial charge in [0.25, 0.3) is 0 Å². The number of methoxy groups -OCH3 is 1. The Balaban J connectivity index is 2.17. The molecule has 0 spiro atoms. The first-order valence-corrected chi connectivity index (χ1v) is 7.25. The molecule has 0 amide bonds. The van der Waals surface area contributed by atoms with Crippen molar-refractivity contribution in [3.8, 4) is 5.75 Å². The highest BCUT2D eigenvalue weighted by Gasteiger charge is 2.21. The van der Waals surface area contributed by atoms with E-state index in [0.29, 0.717) is 0 Å². The number of ether oxygens (including phenoxy) is 1. The van der Waals surface area contributed by atoms with Crippen molar-refractivity contribution in [3.63, 3.8) is 0 Å². The van der Waals surface area contributed by atoms with Gasteiger partial charge in [0.1, 0.15) is 5.75 Å². The highest BCUT2D eigenvalue weighted by Crippen LogP contribution is 2.24. The second kappa shape index (κ2) is 7.25. The van der Waals surface area contributed by atoms with Crippen LogP contribution in [-0.4, -0.2) is 25.1 Å². The van der Waals surface area contributed by atoms with Gasteiger partial charge in [-0.2, -0.15) is 0 Å². The molecule has 0 bridgehead atoms. The molecule has 0 radical (unpaired) electrons. The lowest BCUT2D eigenvalue weighted by molar-refractivity contribution is 0.211. The molecule has 2 aromatic carbocycles. The summed E-state index contributed by atoms with van der Waals surface area (Å²) in [7, 11) is 3.80. The Morgan fingerprint density at radius 1 is 1.10 bits per heavy atom. The predicted octanol–water partition coefficient (Wildman–Crippen LogP) is 3.22. The smallest absolute Gasteiger partial charge is 0.119 e. The van der Waals surface area contributed by atoms with Crippen molar-refractivity contribution in [2.45, 2.75) is 25.6 Å². The number of likely N-dealkylation sites (N-methyl/N-ethyl adjacent to an activating group) is 1. The van der Waals surface area contributed by atoms with Gasteiger partial charge in [0.05, 0.1) is 7.11 Å². The van der Waals surface area contributed by atoms with Crippen molar-refractivity contribution < 1.29 is 4.74 Å². The summed E-state index contributed by atoms with van der Waals surface area (Å²) >= 11 is 0. The first kappa shape index (κ1) is 15.5. The molecule has 2 rings (SSSR count). The molecule has 3 heteroatoms. The summed E-state index contributed by atoms with van der Waals surface area (Å²) in [5, 5.41) is 0. The van der Waals surface area contributed by atoms with Crippen LogP contribution in [0.25, 0.3) is 0 Å². The van der Waals surface area contributed by atoms with E-state index in [1.54, 1.807) is 7.11 Å². The second-order valence-electron chi connectivity index (χ2n) is 5.48. The largest absolute Gasteiger partial charge is 0.497 e. The third-order valence-electron chi connectivity index (χ3n) is 3.68. The lowest BCUT2D eigenvalue weighted by Crippen LogP contribution is -2.36. The highest BCUT2D eigenvalue weighted by molar-refractivity contribution is 5.29. The van der Waals surface area contributed by atoms with E-state index >= 15 is 0 Å². The summed E-state index contributed by atoms with van der Waals surface area (Å²) in [5.74, 6) is 0.887. The van der Waals surface area contributed by atoms with Gasteiger partial charge in [-0.1, -0.05) is 42.5 Å². The monoisotopic (exact) mass is 284 g/mol. The normalized spacial score (nSPS) is 14.0. The third kappa shape index (κ3) is 4.06. The van der Waals surface area contributed by atoms with Crippen molar-refractivity contribution in [2.24, 2.45) is 5.73 Å². The van der Waals surface area contributed by atoms with Gasteiger partial charge in [-0.25, -0.2) is 0 Å². The molecule has 0 fully saturated rings. The molecular formula is C18H24N2O. The molecule has 0 aliphatic carbocycles. The number of rotatable bonds is 6. The molecule has 2 unspecified atom stereocenters. The Morgan fingerprint density at radius 2 is 1.81 bits per heavy atom. The zero-order valence-corrected chi connectivity index (χ0v) is 13.0. The van der Waals surface area contributed by atoms with Gasteiger partial charge in [-0.15, -0.1) is 0 Å². The predicted molar refractivity (Wildman–Crippen MR) is 87.3 cm³/mol. The Labute approximate surface area is 127 Å². The lowest BCUT2D eigenvalue weighted by atomic mass is 9.99. The van der Waals surface area contributed by atoms with E-state index in [-0.39, 0.29) is 12.1 Å². The maximum atomic E-state index is 6.21. The van der Waals surface area contributed by atoms with E-state index in [4.69, 9.17) is 10.5 Å². The number of hydrogen-bond acceptors (Lipinski definition) is 3. The van der Waals surface area contributed by atoms with Gasteiger partial charge in [-0.05, 0) is 37.2 Å². The molecule has 21 heavy (non-hydrogen) atoms. The fourth-order valence-corrected chi connectivity index (χ4v) is 2.77. The standard InChI is InChI=1S/C18H24N2O/c1-14(19)18(16-9-5-4-6-10-16)20(2)13-15-8-7-11-17(12-15)21-3/h4-12,14,18H,13,19H2,1-3H3. The second-order valence-corrected chi connectivity index (χ2v) is 5.48. The van der Waals surface area contributed by atoms with E-state index in [1.807, 2.05) is 18.2 Å². The summed E-state index contributed by atoms with van der Waals surface area (Å²) in [4.78, 5) is 2.29. The zero-order chi connectivity index (χ0) is 15.2. The topological polar surface area (TPSA) is 38.5 Å². The maximum absolute atomic E-state index is 6.21. The van der Waals surface area contributed by atoms with Gasteiger partial charge in [-0.3, -0.25) is 4.90 Å². The Morgan fingerprint density at radius 3 is 2.43 bits per heavy atom. The molecule has 0 aromatic heterocycles. The van der Waals surface area contributed by atoms with Crippen LogP contribution >= 0.6 is 0 Å². The molecule has 3 nitrogen and oxygen atoms in total. The first-order chi connectivity index (χ1) is 10.1. The summed E-state index contributed by atoms with van der Waals surface area (Å²) in [6, 6.07) is 18.8. The minimum Gasteiger partial charge on any atom is -0.497 e. The Hall–Kier alpha value is -1.84. The molecule has 0 heterocycles. The summed E-state index contributed by atoms with van der Waals surface area (Å²) in [6.45, 7) is 2.89. The SMILES string of the molecule is COc1cccc(CN(C)C(c2ccccc2)C(C)N)c1. The minimum absolute atomic E-state index is 0.0583. The number of nitrogens with zero attached hydrogens (tertiary/aromatic N) is 1. The average molecular weight is 284 g/mol.